The van der Waals surface area contributed by atoms with Crippen molar-refractivity contribution in [2.24, 2.45) is 11.0 Å². The molecule has 1 saturated heterocycles. The van der Waals surface area contributed by atoms with Crippen molar-refractivity contribution >= 4 is 17.7 Å². The van der Waals surface area contributed by atoms with Gasteiger partial charge in [0.05, 0.1) is 33.0 Å². The van der Waals surface area contributed by atoms with Crippen LogP contribution in [0.3, 0.4) is 0 Å². The Morgan fingerprint density at radius 3 is 2.17 bits per heavy atom. The number of carbonyl (C=O) groups is 2. The van der Waals surface area contributed by atoms with Gasteiger partial charge in [-0.25, -0.2) is 0 Å². The molecule has 0 unspecified atom stereocenters. The number of carbonyl (C=O) groups excluding carboxylic acids is 2. The zero-order chi connectivity index (χ0) is 26.0. The third-order valence-corrected chi connectivity index (χ3v) is 5.72. The van der Waals surface area contributed by atoms with Gasteiger partial charge in [0.15, 0.2) is 5.92 Å². The maximum atomic E-state index is 14.2. The van der Waals surface area contributed by atoms with Crippen LogP contribution in [0.4, 0.5) is 13.2 Å². The van der Waals surface area contributed by atoms with Crippen molar-refractivity contribution in [1.29, 1.82) is 0 Å². The largest absolute Gasteiger partial charge is 0.497 e. The molecule has 0 amide bonds. The molecule has 196 valence electrons. The predicted molar refractivity (Wildman–Crippen MR) is 122 cm³/mol. The van der Waals surface area contributed by atoms with E-state index in [4.69, 9.17) is 18.9 Å². The lowest BCUT2D eigenvalue weighted by Crippen LogP contribution is -2.38. The van der Waals surface area contributed by atoms with Gasteiger partial charge in [0.25, 0.3) is 0 Å². The van der Waals surface area contributed by atoms with Gasteiger partial charge >= 0.3 is 18.1 Å². The number of ether oxygens (including phenoxy) is 4. The molecule has 1 fully saturated rings. The Bertz CT molecular complexity index is 842. The number of hydrogen-bond acceptors (Lipinski definition) is 8. The van der Waals surface area contributed by atoms with Crippen LogP contribution in [-0.2, 0) is 23.8 Å². The van der Waals surface area contributed by atoms with Crippen molar-refractivity contribution in [3.05, 3.63) is 29.8 Å². The van der Waals surface area contributed by atoms with E-state index in [1.54, 1.807) is 26.0 Å². The van der Waals surface area contributed by atoms with E-state index in [9.17, 15) is 22.8 Å². The smallest absolute Gasteiger partial charge is 0.431 e. The minimum Gasteiger partial charge on any atom is -0.497 e. The molecule has 0 bridgehead atoms. The normalized spacial score (nSPS) is 17.4. The van der Waals surface area contributed by atoms with E-state index in [2.05, 4.69) is 5.10 Å². The molecule has 1 aromatic rings. The third-order valence-electron chi connectivity index (χ3n) is 5.72. The summed E-state index contributed by atoms with van der Waals surface area (Å²) in [5.74, 6) is -4.27. The summed E-state index contributed by atoms with van der Waals surface area (Å²) in [6, 6.07) is 5.85. The first-order chi connectivity index (χ1) is 16.7. The lowest BCUT2D eigenvalue weighted by atomic mass is 9.81. The standard InChI is InChI=1S/C24H33F3N2O6/c1-5-34-22(30)21(23(31)35-6-2)19(16-9-11-18(33-4)12-10-16)14-20(24(25,26)27)28-29-13-7-8-17(29)15-32-3/h9-12,17,19,21H,5-8,13-15H2,1-4H3/b28-20-/t17-,19-/m0/s1. The van der Waals surface area contributed by atoms with E-state index in [-0.39, 0.29) is 25.9 Å². The van der Waals surface area contributed by atoms with Gasteiger partial charge in [-0.2, -0.15) is 18.3 Å². The highest BCUT2D eigenvalue weighted by atomic mass is 19.4. The number of methoxy groups -OCH3 is 2. The van der Waals surface area contributed by atoms with Gasteiger partial charge in [-0.05, 0) is 44.4 Å². The molecule has 1 aliphatic heterocycles. The molecule has 11 heteroatoms. The summed E-state index contributed by atoms with van der Waals surface area (Å²) in [7, 11) is 2.93. The van der Waals surface area contributed by atoms with Crippen LogP contribution in [-0.4, -0.2) is 75.5 Å². The predicted octanol–water partition coefficient (Wildman–Crippen LogP) is 3.94. The highest BCUT2D eigenvalue weighted by molar-refractivity contribution is 5.98. The number of halogens is 3. The van der Waals surface area contributed by atoms with Gasteiger partial charge in [-0.3, -0.25) is 14.6 Å². The maximum Gasteiger partial charge on any atom is 0.431 e. The third kappa shape index (κ3) is 7.84. The fourth-order valence-corrected chi connectivity index (χ4v) is 4.06. The minimum absolute atomic E-state index is 0.0449. The van der Waals surface area contributed by atoms with Gasteiger partial charge < -0.3 is 18.9 Å². The number of hydrogen-bond donors (Lipinski definition) is 0. The van der Waals surface area contributed by atoms with E-state index in [1.807, 2.05) is 0 Å². The Morgan fingerprint density at radius 1 is 1.09 bits per heavy atom. The molecule has 2 rings (SSSR count). The van der Waals surface area contributed by atoms with Crippen LogP contribution in [0.25, 0.3) is 0 Å². The Labute approximate surface area is 203 Å². The molecule has 2 atom stereocenters. The van der Waals surface area contributed by atoms with E-state index in [0.29, 0.717) is 30.7 Å². The molecule has 1 heterocycles. The van der Waals surface area contributed by atoms with Crippen molar-refractivity contribution in [3.8, 4) is 5.75 Å². The van der Waals surface area contributed by atoms with Crippen LogP contribution in [0.5, 0.6) is 5.75 Å². The average Bonchev–Trinajstić information content (AvgIpc) is 3.24. The van der Waals surface area contributed by atoms with Gasteiger partial charge in [0.1, 0.15) is 11.5 Å². The molecule has 0 aliphatic carbocycles. The van der Waals surface area contributed by atoms with Crippen molar-refractivity contribution < 1.29 is 41.7 Å². The van der Waals surface area contributed by atoms with Crippen molar-refractivity contribution in [1.82, 2.24) is 5.01 Å². The van der Waals surface area contributed by atoms with Crippen LogP contribution in [0.1, 0.15) is 44.6 Å². The molecule has 8 nitrogen and oxygen atoms in total. The Hall–Kier alpha value is -2.82. The lowest BCUT2D eigenvalue weighted by Gasteiger charge is -2.28. The number of hydrazone groups is 1. The average molecular weight is 503 g/mol. The molecule has 1 aromatic carbocycles. The molecule has 35 heavy (non-hydrogen) atoms. The highest BCUT2D eigenvalue weighted by Gasteiger charge is 2.45. The fourth-order valence-electron chi connectivity index (χ4n) is 4.06. The first-order valence-corrected chi connectivity index (χ1v) is 11.5. The van der Waals surface area contributed by atoms with Gasteiger partial charge in [-0.15, -0.1) is 0 Å². The zero-order valence-corrected chi connectivity index (χ0v) is 20.5. The van der Waals surface area contributed by atoms with E-state index in [0.717, 1.165) is 0 Å². The molecular formula is C24H33F3N2O6. The number of nitrogens with zero attached hydrogens (tertiary/aromatic N) is 2. The van der Waals surface area contributed by atoms with Gasteiger partial charge in [-0.1, -0.05) is 12.1 Å². The second-order valence-corrected chi connectivity index (χ2v) is 8.02. The SMILES string of the molecule is CCOC(=O)C(C(=O)OCC)[C@@H](C/C(=N/N1CCC[C@H]1COC)C(F)(F)F)c1ccc(OC)cc1. The van der Waals surface area contributed by atoms with Crippen LogP contribution < -0.4 is 4.74 Å². The summed E-state index contributed by atoms with van der Waals surface area (Å²) < 4.78 is 63.0. The molecule has 0 spiro atoms. The molecule has 0 radical (unpaired) electrons. The van der Waals surface area contributed by atoms with Crippen LogP contribution in [0.2, 0.25) is 0 Å². The van der Waals surface area contributed by atoms with Crippen LogP contribution in [0.15, 0.2) is 29.4 Å². The molecule has 0 saturated carbocycles. The minimum atomic E-state index is -4.79. The topological polar surface area (TPSA) is 86.7 Å². The van der Waals surface area contributed by atoms with Crippen molar-refractivity contribution in [2.45, 2.75) is 51.2 Å². The summed E-state index contributed by atoms with van der Waals surface area (Å²) in [6.07, 6.45) is -4.19. The number of alkyl halides is 3. The van der Waals surface area contributed by atoms with E-state index < -0.39 is 42.1 Å². The summed E-state index contributed by atoms with van der Waals surface area (Å²) in [5.41, 5.74) is -0.774. The fraction of sp³-hybridized carbons (Fsp3) is 0.625. The van der Waals surface area contributed by atoms with Gasteiger partial charge in [0.2, 0.25) is 0 Å². The van der Waals surface area contributed by atoms with Crippen molar-refractivity contribution in [2.75, 3.05) is 40.6 Å². The van der Waals surface area contributed by atoms with Crippen LogP contribution in [0, 0.1) is 5.92 Å². The Kier molecular flexibility index (Phi) is 10.8. The molecular weight excluding hydrogens is 469 g/mol. The first-order valence-electron chi connectivity index (χ1n) is 11.5. The Morgan fingerprint density at radius 2 is 1.69 bits per heavy atom. The zero-order valence-electron chi connectivity index (χ0n) is 20.5. The monoisotopic (exact) mass is 502 g/mol. The quantitative estimate of drug-likeness (QED) is 0.243. The lowest BCUT2D eigenvalue weighted by molar-refractivity contribution is -0.162. The van der Waals surface area contributed by atoms with Crippen LogP contribution >= 0.6 is 0 Å². The summed E-state index contributed by atoms with van der Waals surface area (Å²) >= 11 is 0. The van der Waals surface area contributed by atoms with Gasteiger partial charge in [0, 0.05) is 26.0 Å². The number of rotatable bonds is 12. The first kappa shape index (κ1) is 28.4. The second kappa shape index (κ2) is 13.3. The number of esters is 2. The van der Waals surface area contributed by atoms with E-state index in [1.165, 1.54) is 31.4 Å². The summed E-state index contributed by atoms with van der Waals surface area (Å²) in [6.45, 7) is 3.60. The Balaban J connectivity index is 2.56. The molecule has 0 N–H and O–H groups in total. The van der Waals surface area contributed by atoms with E-state index >= 15 is 0 Å². The maximum absolute atomic E-state index is 14.2. The number of benzene rings is 1. The molecule has 0 aromatic heterocycles. The summed E-state index contributed by atoms with van der Waals surface area (Å²) in [4.78, 5) is 25.6. The molecule has 1 aliphatic rings. The van der Waals surface area contributed by atoms with Crippen molar-refractivity contribution in [3.63, 3.8) is 0 Å². The summed E-state index contributed by atoms with van der Waals surface area (Å²) in [5, 5.41) is 5.33. The highest BCUT2D eigenvalue weighted by Crippen LogP contribution is 2.36. The second-order valence-electron chi connectivity index (χ2n) is 8.02.